The average Bonchev–Trinajstić information content (AvgIpc) is 3.02. The molecule has 0 bridgehead atoms. The minimum Gasteiger partial charge on any atom is -0.406 e. The third-order valence-electron chi connectivity index (χ3n) is 3.18. The molecule has 21 heavy (non-hydrogen) atoms. The Morgan fingerprint density at radius 3 is 2.57 bits per heavy atom. The Morgan fingerprint density at radius 2 is 1.95 bits per heavy atom. The van der Waals surface area contributed by atoms with Gasteiger partial charge in [-0.25, -0.2) is 4.98 Å². The number of aryl methyl sites for hydroxylation is 2. The lowest BCUT2D eigenvalue weighted by Crippen LogP contribution is -2.19. The molecule has 0 saturated carbocycles. The van der Waals surface area contributed by atoms with Gasteiger partial charge in [0, 0.05) is 4.88 Å². The third kappa shape index (κ3) is 4.01. The number of anilines is 1. The summed E-state index contributed by atoms with van der Waals surface area (Å²) in [6.45, 7) is 11.2. The van der Waals surface area contributed by atoms with Gasteiger partial charge in [0.15, 0.2) is 0 Å². The molecule has 2 unspecified atom stereocenters. The van der Waals surface area contributed by atoms with Gasteiger partial charge in [0.1, 0.15) is 0 Å². The van der Waals surface area contributed by atoms with Gasteiger partial charge < -0.3 is 15.1 Å². The van der Waals surface area contributed by atoms with Crippen LogP contribution in [0.1, 0.15) is 60.7 Å². The molecule has 0 radical (unpaired) electrons. The standard InChI is InChI=1S/C14H23N5OS/c1-6-7-15-10(4)13-18-19-14(20-13)17-9(3)12-8(2)16-11(5)21-12/h9-10,15H,6-7H2,1-5H3,(H,17,19). The Bertz CT molecular complexity index is 580. The van der Waals surface area contributed by atoms with E-state index in [2.05, 4.69) is 39.7 Å². The van der Waals surface area contributed by atoms with Crippen molar-refractivity contribution < 1.29 is 4.42 Å². The molecule has 2 aromatic heterocycles. The van der Waals surface area contributed by atoms with Crippen LogP contribution in [0.25, 0.3) is 0 Å². The molecule has 0 aliphatic heterocycles. The minimum atomic E-state index is 0.0655. The Labute approximate surface area is 129 Å². The zero-order valence-corrected chi connectivity index (χ0v) is 14.0. The molecule has 2 N–H and O–H groups in total. The van der Waals surface area contributed by atoms with E-state index in [1.807, 2.05) is 20.8 Å². The highest BCUT2D eigenvalue weighted by atomic mass is 32.1. The van der Waals surface area contributed by atoms with Crippen molar-refractivity contribution in [2.45, 2.75) is 53.1 Å². The van der Waals surface area contributed by atoms with Gasteiger partial charge in [0.25, 0.3) is 0 Å². The molecule has 2 atom stereocenters. The summed E-state index contributed by atoms with van der Waals surface area (Å²) in [5.74, 6) is 0.607. The van der Waals surface area contributed by atoms with Gasteiger partial charge in [0.2, 0.25) is 5.89 Å². The first kappa shape index (κ1) is 15.9. The smallest absolute Gasteiger partial charge is 0.316 e. The van der Waals surface area contributed by atoms with E-state index < -0.39 is 0 Å². The van der Waals surface area contributed by atoms with Crippen LogP contribution in [0.3, 0.4) is 0 Å². The minimum absolute atomic E-state index is 0.0655. The maximum absolute atomic E-state index is 5.67. The van der Waals surface area contributed by atoms with Crippen molar-refractivity contribution in [1.29, 1.82) is 0 Å². The number of thiazole rings is 1. The molecule has 116 valence electrons. The summed E-state index contributed by atoms with van der Waals surface area (Å²) < 4.78 is 5.67. The molecule has 0 saturated heterocycles. The maximum Gasteiger partial charge on any atom is 0.316 e. The van der Waals surface area contributed by atoms with Crippen molar-refractivity contribution >= 4 is 17.4 Å². The Morgan fingerprint density at radius 1 is 1.19 bits per heavy atom. The first-order chi connectivity index (χ1) is 10.0. The molecule has 0 aliphatic carbocycles. The fourth-order valence-electron chi connectivity index (χ4n) is 2.12. The SMILES string of the molecule is CCCNC(C)c1nnc(NC(C)c2sc(C)nc2C)o1. The number of nitrogens with one attached hydrogen (secondary N) is 2. The van der Waals surface area contributed by atoms with Crippen molar-refractivity contribution in [3.8, 4) is 0 Å². The molecular formula is C14H23N5OS. The molecule has 2 aromatic rings. The summed E-state index contributed by atoms with van der Waals surface area (Å²) in [4.78, 5) is 5.64. The van der Waals surface area contributed by atoms with Gasteiger partial charge >= 0.3 is 6.01 Å². The predicted molar refractivity (Wildman–Crippen MR) is 84.6 cm³/mol. The first-order valence-corrected chi connectivity index (χ1v) is 8.10. The third-order valence-corrected chi connectivity index (χ3v) is 4.44. The summed E-state index contributed by atoms with van der Waals surface area (Å²) in [7, 11) is 0. The van der Waals surface area contributed by atoms with Gasteiger partial charge in [0.05, 0.1) is 22.8 Å². The van der Waals surface area contributed by atoms with Gasteiger partial charge in [-0.1, -0.05) is 12.0 Å². The van der Waals surface area contributed by atoms with E-state index in [-0.39, 0.29) is 12.1 Å². The summed E-state index contributed by atoms with van der Waals surface area (Å²) in [5.41, 5.74) is 1.05. The van der Waals surface area contributed by atoms with Gasteiger partial charge in [-0.2, -0.15) is 0 Å². The van der Waals surface area contributed by atoms with Crippen LogP contribution in [0, 0.1) is 13.8 Å². The Hall–Kier alpha value is -1.47. The van der Waals surface area contributed by atoms with Crippen LogP contribution in [0.2, 0.25) is 0 Å². The molecule has 6 nitrogen and oxygen atoms in total. The average molecular weight is 309 g/mol. The number of nitrogens with zero attached hydrogens (tertiary/aromatic N) is 3. The highest BCUT2D eigenvalue weighted by molar-refractivity contribution is 7.11. The van der Waals surface area contributed by atoms with Crippen LogP contribution < -0.4 is 10.6 Å². The van der Waals surface area contributed by atoms with Gasteiger partial charge in [-0.05, 0) is 40.7 Å². The van der Waals surface area contributed by atoms with Crippen LogP contribution in [0.15, 0.2) is 4.42 Å². The highest BCUT2D eigenvalue weighted by Gasteiger charge is 2.17. The molecule has 7 heteroatoms. The van der Waals surface area contributed by atoms with Crippen LogP contribution in [-0.2, 0) is 0 Å². The normalized spacial score (nSPS) is 14.1. The zero-order valence-electron chi connectivity index (χ0n) is 13.2. The summed E-state index contributed by atoms with van der Waals surface area (Å²) >= 11 is 1.69. The van der Waals surface area contributed by atoms with Crippen molar-refractivity contribution in [1.82, 2.24) is 20.5 Å². The van der Waals surface area contributed by atoms with E-state index in [9.17, 15) is 0 Å². The first-order valence-electron chi connectivity index (χ1n) is 7.28. The zero-order chi connectivity index (χ0) is 15.4. The monoisotopic (exact) mass is 309 g/mol. The van der Waals surface area contributed by atoms with E-state index >= 15 is 0 Å². The van der Waals surface area contributed by atoms with E-state index in [4.69, 9.17) is 4.42 Å². The van der Waals surface area contributed by atoms with E-state index in [0.29, 0.717) is 11.9 Å². The molecule has 2 rings (SSSR count). The fourth-order valence-corrected chi connectivity index (χ4v) is 3.05. The van der Waals surface area contributed by atoms with Crippen LogP contribution in [0.4, 0.5) is 6.01 Å². The molecule has 0 aromatic carbocycles. The lowest BCUT2D eigenvalue weighted by molar-refractivity contribution is 0.421. The van der Waals surface area contributed by atoms with E-state index in [1.54, 1.807) is 11.3 Å². The Balaban J connectivity index is 2.00. The molecule has 2 heterocycles. The second kappa shape index (κ2) is 7.00. The van der Waals surface area contributed by atoms with Crippen LogP contribution in [0.5, 0.6) is 0 Å². The number of rotatable bonds is 7. The predicted octanol–water partition coefficient (Wildman–Crippen LogP) is 3.38. The molecule has 0 fully saturated rings. The summed E-state index contributed by atoms with van der Waals surface area (Å²) in [5, 5.41) is 15.8. The van der Waals surface area contributed by atoms with Crippen molar-refractivity contribution in [3.63, 3.8) is 0 Å². The second-order valence-corrected chi connectivity index (χ2v) is 6.40. The molecule has 0 spiro atoms. The quantitative estimate of drug-likeness (QED) is 0.816. The molecular weight excluding hydrogens is 286 g/mol. The van der Waals surface area contributed by atoms with Gasteiger partial charge in [-0.15, -0.1) is 16.4 Å². The molecule has 0 aliphatic rings. The lowest BCUT2D eigenvalue weighted by Gasteiger charge is -2.10. The molecule has 0 amide bonds. The van der Waals surface area contributed by atoms with Crippen LogP contribution >= 0.6 is 11.3 Å². The topological polar surface area (TPSA) is 75.9 Å². The lowest BCUT2D eigenvalue weighted by atomic mass is 10.2. The van der Waals surface area contributed by atoms with E-state index in [0.717, 1.165) is 23.7 Å². The number of hydrogen-bond acceptors (Lipinski definition) is 7. The van der Waals surface area contributed by atoms with E-state index in [1.165, 1.54) is 4.88 Å². The summed E-state index contributed by atoms with van der Waals surface area (Å²) in [6, 6.07) is 0.618. The van der Waals surface area contributed by atoms with Crippen molar-refractivity contribution in [3.05, 3.63) is 21.5 Å². The Kier molecular flexibility index (Phi) is 5.30. The van der Waals surface area contributed by atoms with Crippen molar-refractivity contribution in [2.75, 3.05) is 11.9 Å². The fraction of sp³-hybridized carbons (Fsp3) is 0.643. The number of aromatic nitrogens is 3. The second-order valence-electron chi connectivity index (χ2n) is 5.17. The number of hydrogen-bond donors (Lipinski definition) is 2. The van der Waals surface area contributed by atoms with Gasteiger partial charge in [-0.3, -0.25) is 0 Å². The summed E-state index contributed by atoms with van der Waals surface area (Å²) in [6.07, 6.45) is 1.07. The maximum atomic E-state index is 5.67. The van der Waals surface area contributed by atoms with Crippen molar-refractivity contribution in [2.24, 2.45) is 0 Å². The van der Waals surface area contributed by atoms with Crippen LogP contribution in [-0.4, -0.2) is 21.7 Å². The largest absolute Gasteiger partial charge is 0.406 e. The highest BCUT2D eigenvalue weighted by Crippen LogP contribution is 2.27.